The summed E-state index contributed by atoms with van der Waals surface area (Å²) in [6.07, 6.45) is 1.90. The molecule has 0 aliphatic heterocycles. The Hall–Kier alpha value is -1.38. The molecule has 1 aromatic rings. The maximum Gasteiger partial charge on any atom is 0.215 e. The van der Waals surface area contributed by atoms with Crippen molar-refractivity contribution in [1.82, 2.24) is 4.72 Å². The van der Waals surface area contributed by atoms with Crippen molar-refractivity contribution in [1.29, 1.82) is 5.26 Å². The van der Waals surface area contributed by atoms with E-state index in [2.05, 4.69) is 4.72 Å². The Morgan fingerprint density at radius 3 is 2.47 bits per heavy atom. The number of sulfonamides is 1. The van der Waals surface area contributed by atoms with Crippen LogP contribution in [-0.4, -0.2) is 15.0 Å². The molecule has 1 rings (SSSR count). The zero-order chi connectivity index (χ0) is 14.3. The minimum Gasteiger partial charge on any atom is -0.215 e. The van der Waals surface area contributed by atoms with E-state index in [4.69, 9.17) is 5.26 Å². The van der Waals surface area contributed by atoms with Gasteiger partial charge in [0.05, 0.1) is 17.4 Å². The van der Waals surface area contributed by atoms with Crippen LogP contribution in [-0.2, 0) is 15.8 Å². The average Bonchev–Trinajstić information content (AvgIpc) is 2.40. The van der Waals surface area contributed by atoms with Gasteiger partial charge in [-0.2, -0.15) is 5.26 Å². The molecule has 0 saturated heterocycles. The largest absolute Gasteiger partial charge is 0.215 e. The first-order valence-corrected chi connectivity index (χ1v) is 8.13. The van der Waals surface area contributed by atoms with Gasteiger partial charge in [0.15, 0.2) is 0 Å². The van der Waals surface area contributed by atoms with E-state index in [1.807, 2.05) is 19.9 Å². The fraction of sp³-hybridized carbons (Fsp3) is 0.500. The summed E-state index contributed by atoms with van der Waals surface area (Å²) in [4.78, 5) is 0. The van der Waals surface area contributed by atoms with Gasteiger partial charge in [-0.3, -0.25) is 0 Å². The predicted molar refractivity (Wildman–Crippen MR) is 75.9 cm³/mol. The van der Waals surface area contributed by atoms with Crippen molar-refractivity contribution in [2.75, 3.05) is 6.54 Å². The van der Waals surface area contributed by atoms with Crippen molar-refractivity contribution < 1.29 is 8.42 Å². The van der Waals surface area contributed by atoms with E-state index in [0.29, 0.717) is 23.6 Å². The lowest BCUT2D eigenvalue weighted by molar-refractivity contribution is 0.478. The summed E-state index contributed by atoms with van der Waals surface area (Å²) in [6, 6.07) is 8.79. The summed E-state index contributed by atoms with van der Waals surface area (Å²) < 4.78 is 26.6. The lowest BCUT2D eigenvalue weighted by atomic mass is 10.0. The first-order chi connectivity index (χ1) is 9.02. The molecule has 0 spiro atoms. The smallest absolute Gasteiger partial charge is 0.215 e. The fourth-order valence-electron chi connectivity index (χ4n) is 1.83. The first-order valence-electron chi connectivity index (χ1n) is 6.47. The number of benzene rings is 1. The van der Waals surface area contributed by atoms with Gasteiger partial charge in [-0.1, -0.05) is 44.9 Å². The Morgan fingerprint density at radius 2 is 1.89 bits per heavy atom. The Bertz CT molecular complexity index is 543. The molecule has 1 N–H and O–H groups in total. The van der Waals surface area contributed by atoms with Gasteiger partial charge in [0, 0.05) is 6.54 Å². The Balaban J connectivity index is 2.72. The van der Waals surface area contributed by atoms with E-state index >= 15 is 0 Å². The molecule has 5 heteroatoms. The van der Waals surface area contributed by atoms with Gasteiger partial charge in [-0.15, -0.1) is 0 Å². The molecule has 0 aromatic heterocycles. The van der Waals surface area contributed by atoms with Crippen LogP contribution in [0.3, 0.4) is 0 Å². The van der Waals surface area contributed by atoms with Gasteiger partial charge in [-0.05, 0) is 17.5 Å². The summed E-state index contributed by atoms with van der Waals surface area (Å²) >= 11 is 0. The molecule has 0 aliphatic carbocycles. The van der Waals surface area contributed by atoms with E-state index in [0.717, 1.165) is 12.8 Å². The van der Waals surface area contributed by atoms with Crippen LogP contribution in [0, 0.1) is 17.2 Å². The van der Waals surface area contributed by atoms with E-state index in [1.54, 1.807) is 24.3 Å². The molecule has 0 unspecified atom stereocenters. The minimum absolute atomic E-state index is 0.142. The summed E-state index contributed by atoms with van der Waals surface area (Å²) in [5, 5.41) is 8.94. The maximum absolute atomic E-state index is 12.0. The number of rotatable bonds is 7. The van der Waals surface area contributed by atoms with Crippen molar-refractivity contribution in [2.45, 2.75) is 32.4 Å². The highest BCUT2D eigenvalue weighted by molar-refractivity contribution is 7.88. The van der Waals surface area contributed by atoms with E-state index in [-0.39, 0.29) is 5.75 Å². The molecule has 0 bridgehead atoms. The van der Waals surface area contributed by atoms with Crippen LogP contribution in [0.1, 0.15) is 37.8 Å². The molecule has 0 saturated carbocycles. The van der Waals surface area contributed by atoms with Crippen molar-refractivity contribution in [2.24, 2.45) is 5.92 Å². The molecule has 0 amide bonds. The molecular weight excluding hydrogens is 260 g/mol. The van der Waals surface area contributed by atoms with E-state index in [9.17, 15) is 8.42 Å². The van der Waals surface area contributed by atoms with Crippen LogP contribution < -0.4 is 4.72 Å². The van der Waals surface area contributed by atoms with Gasteiger partial charge in [0.25, 0.3) is 0 Å². The Morgan fingerprint density at radius 1 is 1.26 bits per heavy atom. The predicted octanol–water partition coefficient (Wildman–Crippen LogP) is 2.41. The highest BCUT2D eigenvalue weighted by atomic mass is 32.2. The van der Waals surface area contributed by atoms with Gasteiger partial charge < -0.3 is 0 Å². The number of hydrogen-bond acceptors (Lipinski definition) is 3. The molecule has 0 aliphatic rings. The van der Waals surface area contributed by atoms with Crippen LogP contribution in [0.4, 0.5) is 0 Å². The van der Waals surface area contributed by atoms with Crippen LogP contribution >= 0.6 is 0 Å². The zero-order valence-electron chi connectivity index (χ0n) is 11.4. The second-order valence-electron chi connectivity index (χ2n) is 4.56. The van der Waals surface area contributed by atoms with Gasteiger partial charge in [0.2, 0.25) is 10.0 Å². The molecule has 1 aromatic carbocycles. The van der Waals surface area contributed by atoms with Gasteiger partial charge >= 0.3 is 0 Å². The fourth-order valence-corrected chi connectivity index (χ4v) is 3.09. The second-order valence-corrected chi connectivity index (χ2v) is 6.37. The maximum atomic E-state index is 12.0. The number of nitrogens with one attached hydrogen (secondary N) is 1. The molecule has 0 heterocycles. The van der Waals surface area contributed by atoms with Crippen LogP contribution in [0.25, 0.3) is 0 Å². The molecule has 0 fully saturated rings. The Kier molecular flexibility index (Phi) is 6.00. The molecular formula is C14H20N2O2S. The number of nitriles is 1. The minimum atomic E-state index is -3.38. The number of nitrogens with zero attached hydrogens (tertiary/aromatic N) is 1. The summed E-state index contributed by atoms with van der Waals surface area (Å²) in [5.74, 6) is 0.220. The topological polar surface area (TPSA) is 70.0 Å². The summed E-state index contributed by atoms with van der Waals surface area (Å²) in [6.45, 7) is 4.56. The average molecular weight is 280 g/mol. The quantitative estimate of drug-likeness (QED) is 0.833. The van der Waals surface area contributed by atoms with Gasteiger partial charge in [-0.25, -0.2) is 13.1 Å². The van der Waals surface area contributed by atoms with Crippen LogP contribution in [0.2, 0.25) is 0 Å². The van der Waals surface area contributed by atoms with Crippen molar-refractivity contribution in [3.8, 4) is 6.07 Å². The van der Waals surface area contributed by atoms with Crippen LogP contribution in [0.15, 0.2) is 24.3 Å². The van der Waals surface area contributed by atoms with Gasteiger partial charge in [0.1, 0.15) is 0 Å². The lowest BCUT2D eigenvalue weighted by Gasteiger charge is -2.13. The SMILES string of the molecule is CCC(CC)CNS(=O)(=O)Cc1ccccc1C#N. The monoisotopic (exact) mass is 280 g/mol. The zero-order valence-corrected chi connectivity index (χ0v) is 12.2. The van der Waals surface area contributed by atoms with E-state index < -0.39 is 10.0 Å². The normalized spacial score (nSPS) is 11.5. The lowest BCUT2D eigenvalue weighted by Crippen LogP contribution is -2.30. The highest BCUT2D eigenvalue weighted by Crippen LogP contribution is 2.12. The molecule has 0 atom stereocenters. The third-order valence-corrected chi connectivity index (χ3v) is 4.53. The highest BCUT2D eigenvalue weighted by Gasteiger charge is 2.15. The summed E-state index contributed by atoms with van der Waals surface area (Å²) in [7, 11) is -3.38. The third-order valence-electron chi connectivity index (χ3n) is 3.23. The van der Waals surface area contributed by atoms with Crippen molar-refractivity contribution in [3.05, 3.63) is 35.4 Å². The van der Waals surface area contributed by atoms with Crippen LogP contribution in [0.5, 0.6) is 0 Å². The third kappa shape index (κ3) is 5.01. The second kappa shape index (κ2) is 7.27. The summed E-state index contributed by atoms with van der Waals surface area (Å²) in [5.41, 5.74) is 0.956. The van der Waals surface area contributed by atoms with E-state index in [1.165, 1.54) is 0 Å². The number of hydrogen-bond donors (Lipinski definition) is 1. The molecule has 19 heavy (non-hydrogen) atoms. The Labute approximate surface area is 115 Å². The molecule has 4 nitrogen and oxygen atoms in total. The first kappa shape index (κ1) is 15.7. The molecule has 104 valence electrons. The van der Waals surface area contributed by atoms with Crippen molar-refractivity contribution >= 4 is 10.0 Å². The molecule has 0 radical (unpaired) electrons. The van der Waals surface area contributed by atoms with Crippen molar-refractivity contribution in [3.63, 3.8) is 0 Å². The standard InChI is InChI=1S/C14H20N2O2S/c1-3-12(4-2)10-16-19(17,18)11-14-8-6-5-7-13(14)9-15/h5-8,12,16H,3-4,10-11H2,1-2H3.